The van der Waals surface area contributed by atoms with Gasteiger partial charge >= 0.3 is 0 Å². The summed E-state index contributed by atoms with van der Waals surface area (Å²) in [7, 11) is 0. The standard InChI is InChI=1S/C23H28N2O4/c1-14-7-16-18(9-22(2,3)10-19(16)26)25(14)17-6-5-15(21(24)27)8-20(17)29-13-23(4)11-28-12-23/h5-8H,9-13H2,1-4H3,(H2,24,27). The zero-order chi connectivity index (χ0) is 21.0. The Balaban J connectivity index is 1.80. The predicted molar refractivity (Wildman–Crippen MR) is 110 cm³/mol. The van der Waals surface area contributed by atoms with E-state index in [0.29, 0.717) is 37.6 Å². The summed E-state index contributed by atoms with van der Waals surface area (Å²) in [6.45, 7) is 10.1. The first-order chi connectivity index (χ1) is 13.6. The van der Waals surface area contributed by atoms with E-state index < -0.39 is 5.91 Å². The minimum atomic E-state index is -0.498. The molecule has 6 nitrogen and oxygen atoms in total. The molecule has 2 N–H and O–H groups in total. The monoisotopic (exact) mass is 396 g/mol. The first-order valence-corrected chi connectivity index (χ1v) is 9.98. The number of hydrogen-bond donors (Lipinski definition) is 1. The zero-order valence-corrected chi connectivity index (χ0v) is 17.5. The summed E-state index contributed by atoms with van der Waals surface area (Å²) in [5.41, 5.74) is 9.33. The summed E-state index contributed by atoms with van der Waals surface area (Å²) in [4.78, 5) is 24.5. The van der Waals surface area contributed by atoms with Crippen molar-refractivity contribution in [3.63, 3.8) is 0 Å². The molecule has 2 aliphatic rings. The van der Waals surface area contributed by atoms with Gasteiger partial charge in [-0.1, -0.05) is 20.8 Å². The van der Waals surface area contributed by atoms with Gasteiger partial charge in [-0.05, 0) is 43.0 Å². The van der Waals surface area contributed by atoms with Crippen LogP contribution < -0.4 is 10.5 Å². The third-order valence-corrected chi connectivity index (χ3v) is 5.83. The second-order valence-electron chi connectivity index (χ2n) is 9.56. The molecule has 0 bridgehead atoms. The Morgan fingerprint density at radius 1 is 1.21 bits per heavy atom. The van der Waals surface area contributed by atoms with Crippen LogP contribution in [-0.4, -0.2) is 36.1 Å². The number of benzene rings is 1. The molecule has 154 valence electrons. The fourth-order valence-electron chi connectivity index (χ4n) is 4.24. The molecule has 1 amide bonds. The van der Waals surface area contributed by atoms with Crippen LogP contribution in [0.5, 0.6) is 5.75 Å². The normalized spacial score (nSPS) is 19.4. The second kappa shape index (κ2) is 6.73. The molecule has 0 saturated carbocycles. The van der Waals surface area contributed by atoms with Crippen molar-refractivity contribution in [2.45, 2.75) is 40.5 Å². The van der Waals surface area contributed by atoms with Crippen molar-refractivity contribution in [2.75, 3.05) is 19.8 Å². The number of primary amides is 1. The van der Waals surface area contributed by atoms with Crippen LogP contribution >= 0.6 is 0 Å². The topological polar surface area (TPSA) is 83.6 Å². The number of amides is 1. The average Bonchev–Trinajstić information content (AvgIpc) is 2.93. The Hall–Kier alpha value is -2.60. The van der Waals surface area contributed by atoms with Crippen molar-refractivity contribution < 1.29 is 19.1 Å². The molecular weight excluding hydrogens is 368 g/mol. The number of aryl methyl sites for hydroxylation is 1. The van der Waals surface area contributed by atoms with Gasteiger partial charge in [-0.2, -0.15) is 0 Å². The van der Waals surface area contributed by atoms with Gasteiger partial charge < -0.3 is 19.8 Å². The van der Waals surface area contributed by atoms with Crippen LogP contribution in [0.15, 0.2) is 24.3 Å². The number of nitrogens with zero attached hydrogens (tertiary/aromatic N) is 1. The molecule has 1 saturated heterocycles. The lowest BCUT2D eigenvalue weighted by atomic mass is 9.76. The maximum absolute atomic E-state index is 12.7. The van der Waals surface area contributed by atoms with E-state index in [2.05, 4.69) is 25.3 Å². The van der Waals surface area contributed by atoms with E-state index in [0.717, 1.165) is 29.1 Å². The van der Waals surface area contributed by atoms with Crippen LogP contribution in [0.1, 0.15) is 59.3 Å². The molecule has 6 heteroatoms. The highest BCUT2D eigenvalue weighted by molar-refractivity contribution is 5.99. The largest absolute Gasteiger partial charge is 0.491 e. The summed E-state index contributed by atoms with van der Waals surface area (Å²) in [5, 5.41) is 0. The van der Waals surface area contributed by atoms with Crippen molar-refractivity contribution in [2.24, 2.45) is 16.6 Å². The average molecular weight is 396 g/mol. The smallest absolute Gasteiger partial charge is 0.248 e. The van der Waals surface area contributed by atoms with Crippen LogP contribution in [0.2, 0.25) is 0 Å². The molecule has 1 fully saturated rings. The molecule has 1 aliphatic carbocycles. The van der Waals surface area contributed by atoms with Crippen molar-refractivity contribution in [3.05, 3.63) is 46.8 Å². The Bertz CT molecular complexity index is 999. The molecule has 2 aromatic rings. The van der Waals surface area contributed by atoms with Crippen molar-refractivity contribution in [3.8, 4) is 11.4 Å². The minimum Gasteiger partial charge on any atom is -0.491 e. The summed E-state index contributed by atoms with van der Waals surface area (Å²) >= 11 is 0. The molecule has 4 rings (SSSR count). The van der Waals surface area contributed by atoms with Crippen LogP contribution in [0.3, 0.4) is 0 Å². The molecule has 1 aromatic carbocycles. The third-order valence-electron chi connectivity index (χ3n) is 5.83. The number of ketones is 1. The molecule has 0 spiro atoms. The second-order valence-corrected chi connectivity index (χ2v) is 9.56. The molecule has 0 atom stereocenters. The molecule has 0 unspecified atom stereocenters. The highest BCUT2D eigenvalue weighted by Crippen LogP contribution is 2.39. The van der Waals surface area contributed by atoms with E-state index >= 15 is 0 Å². The first kappa shape index (κ1) is 19.7. The number of ether oxygens (including phenoxy) is 2. The number of rotatable bonds is 5. The molecule has 1 aromatic heterocycles. The van der Waals surface area contributed by atoms with Crippen molar-refractivity contribution in [1.82, 2.24) is 4.57 Å². The lowest BCUT2D eigenvalue weighted by Gasteiger charge is -2.37. The SMILES string of the molecule is Cc1cc2c(n1-c1ccc(C(N)=O)cc1OCC1(C)COC1)CC(C)(C)CC2=O. The minimum absolute atomic E-state index is 0.0386. The number of carbonyl (C=O) groups excluding carboxylic acids is 2. The maximum Gasteiger partial charge on any atom is 0.248 e. The summed E-state index contributed by atoms with van der Waals surface area (Å²) in [6.07, 6.45) is 1.34. The van der Waals surface area contributed by atoms with Gasteiger partial charge in [0.05, 0.1) is 25.5 Å². The van der Waals surface area contributed by atoms with Crippen LogP contribution in [-0.2, 0) is 11.2 Å². The van der Waals surface area contributed by atoms with Crippen LogP contribution in [0, 0.1) is 17.8 Å². The Morgan fingerprint density at radius 2 is 1.93 bits per heavy atom. The fourth-order valence-corrected chi connectivity index (χ4v) is 4.24. The Kier molecular flexibility index (Phi) is 4.57. The van der Waals surface area contributed by atoms with Gasteiger partial charge in [0.1, 0.15) is 5.75 Å². The van der Waals surface area contributed by atoms with Crippen LogP contribution in [0.25, 0.3) is 5.69 Å². The molecule has 0 radical (unpaired) electrons. The van der Waals surface area contributed by atoms with E-state index in [1.54, 1.807) is 12.1 Å². The summed E-state index contributed by atoms with van der Waals surface area (Å²) in [6, 6.07) is 7.22. The number of aromatic nitrogens is 1. The molecular formula is C23H28N2O4. The lowest BCUT2D eigenvalue weighted by Crippen LogP contribution is -2.44. The van der Waals surface area contributed by atoms with Crippen molar-refractivity contribution >= 4 is 11.7 Å². The summed E-state index contributed by atoms with van der Waals surface area (Å²) < 4.78 is 13.6. The van der Waals surface area contributed by atoms with Gasteiger partial charge in [0.25, 0.3) is 0 Å². The number of fused-ring (bicyclic) bond motifs is 1. The lowest BCUT2D eigenvalue weighted by molar-refractivity contribution is -0.120. The fraction of sp³-hybridized carbons (Fsp3) is 0.478. The van der Waals surface area contributed by atoms with Gasteiger partial charge in [0, 0.05) is 34.4 Å². The number of Topliss-reactive ketones (excluding diaryl/α,β-unsaturated/α-hetero) is 1. The van der Waals surface area contributed by atoms with E-state index in [-0.39, 0.29) is 16.6 Å². The van der Waals surface area contributed by atoms with E-state index in [4.69, 9.17) is 15.2 Å². The van der Waals surface area contributed by atoms with Crippen LogP contribution in [0.4, 0.5) is 0 Å². The quantitative estimate of drug-likeness (QED) is 0.839. The van der Waals surface area contributed by atoms with Gasteiger partial charge in [-0.3, -0.25) is 9.59 Å². The van der Waals surface area contributed by atoms with Crippen molar-refractivity contribution in [1.29, 1.82) is 0 Å². The first-order valence-electron chi connectivity index (χ1n) is 9.98. The van der Waals surface area contributed by atoms with Gasteiger partial charge in [0.2, 0.25) is 5.91 Å². The third kappa shape index (κ3) is 3.57. The Labute approximate surface area is 171 Å². The van der Waals surface area contributed by atoms with Gasteiger partial charge in [0.15, 0.2) is 5.78 Å². The number of carbonyl (C=O) groups is 2. The molecule has 1 aliphatic heterocycles. The molecule has 29 heavy (non-hydrogen) atoms. The maximum atomic E-state index is 12.7. The van der Waals surface area contributed by atoms with Gasteiger partial charge in [-0.25, -0.2) is 0 Å². The number of nitrogens with two attached hydrogens (primary N) is 1. The van der Waals surface area contributed by atoms with E-state index in [1.165, 1.54) is 0 Å². The highest BCUT2D eigenvalue weighted by Gasteiger charge is 2.36. The van der Waals surface area contributed by atoms with Gasteiger partial charge in [-0.15, -0.1) is 0 Å². The zero-order valence-electron chi connectivity index (χ0n) is 17.5. The summed E-state index contributed by atoms with van der Waals surface area (Å²) in [5.74, 6) is 0.266. The number of hydrogen-bond acceptors (Lipinski definition) is 4. The molecule has 2 heterocycles. The van der Waals surface area contributed by atoms with E-state index in [9.17, 15) is 9.59 Å². The van der Waals surface area contributed by atoms with E-state index in [1.807, 2.05) is 19.1 Å². The predicted octanol–water partition coefficient (Wildman–Crippen LogP) is 3.46. The Morgan fingerprint density at radius 3 is 2.55 bits per heavy atom. The highest BCUT2D eigenvalue weighted by atomic mass is 16.5.